The lowest BCUT2D eigenvalue weighted by atomic mass is 9.81. The molecule has 2 aromatic heterocycles. The quantitative estimate of drug-likeness (QED) is 0.739. The van der Waals surface area contributed by atoms with E-state index in [0.29, 0.717) is 17.5 Å². The molecular weight excluding hydrogens is 434 g/mol. The minimum absolute atomic E-state index is 0.0889. The van der Waals surface area contributed by atoms with E-state index in [-0.39, 0.29) is 17.4 Å². The largest absolute Gasteiger partial charge is 0.386 e. The molecule has 4 rings (SSSR count). The minimum Gasteiger partial charge on any atom is -0.386 e. The summed E-state index contributed by atoms with van der Waals surface area (Å²) in [4.78, 5) is 3.47. The number of halogens is 1. The Morgan fingerprint density at radius 1 is 1.48 bits per heavy atom. The minimum atomic E-state index is -3.00. The number of fused-ring (bicyclic) bond motifs is 2. The highest BCUT2D eigenvalue weighted by Gasteiger charge is 2.46. The third kappa shape index (κ3) is 4.55. The molecule has 1 saturated heterocycles. The Kier molecular flexibility index (Phi) is 5.82. The molecule has 4 heterocycles. The summed E-state index contributed by atoms with van der Waals surface area (Å²) in [6, 6.07) is 2.16. The van der Waals surface area contributed by atoms with Crippen LogP contribution < -0.4 is 0 Å². The van der Waals surface area contributed by atoms with E-state index in [2.05, 4.69) is 16.9 Å². The van der Waals surface area contributed by atoms with Gasteiger partial charge in [0, 0.05) is 47.6 Å². The fourth-order valence-electron chi connectivity index (χ4n) is 4.30. The van der Waals surface area contributed by atoms with Crippen molar-refractivity contribution >= 4 is 32.8 Å². The normalized spacial score (nSPS) is 28.0. The van der Waals surface area contributed by atoms with Crippen LogP contribution in [0, 0.1) is 0 Å². The fraction of sp³-hybridized carbons (Fsp3) is 0.632. The average molecular weight is 460 g/mol. The van der Waals surface area contributed by atoms with Crippen LogP contribution in [0.1, 0.15) is 41.9 Å². The van der Waals surface area contributed by atoms with Gasteiger partial charge in [-0.1, -0.05) is 11.6 Å². The van der Waals surface area contributed by atoms with Gasteiger partial charge in [0.05, 0.1) is 29.4 Å². The van der Waals surface area contributed by atoms with Gasteiger partial charge in [-0.15, -0.1) is 11.3 Å². The van der Waals surface area contributed by atoms with Crippen molar-refractivity contribution in [2.24, 2.45) is 0 Å². The van der Waals surface area contributed by atoms with Crippen LogP contribution in [-0.4, -0.2) is 59.4 Å². The fourth-order valence-corrected chi connectivity index (χ4v) is 6.29. The maximum atomic E-state index is 11.3. The number of thiophene rings is 1. The summed E-state index contributed by atoms with van der Waals surface area (Å²) in [5.74, 6) is 0.0889. The highest BCUT2D eigenvalue weighted by Crippen LogP contribution is 2.50. The first-order valence-corrected chi connectivity index (χ1v) is 13.0. The van der Waals surface area contributed by atoms with Gasteiger partial charge in [0.25, 0.3) is 0 Å². The summed E-state index contributed by atoms with van der Waals surface area (Å²) >= 11 is 7.76. The number of aromatic nitrogens is 2. The molecule has 10 heteroatoms. The smallest absolute Gasteiger partial charge is 0.149 e. The zero-order valence-electron chi connectivity index (χ0n) is 16.5. The van der Waals surface area contributed by atoms with E-state index in [4.69, 9.17) is 16.3 Å². The Morgan fingerprint density at radius 2 is 2.28 bits per heavy atom. The summed E-state index contributed by atoms with van der Waals surface area (Å²) in [7, 11) is -3.00. The number of aryl methyl sites for hydroxylation is 1. The Bertz CT molecular complexity index is 989. The summed E-state index contributed by atoms with van der Waals surface area (Å²) in [5, 5.41) is 14.6. The molecule has 7 nitrogen and oxygen atoms in total. The van der Waals surface area contributed by atoms with Gasteiger partial charge in [0.1, 0.15) is 21.5 Å². The number of piperidine rings is 1. The monoisotopic (exact) mass is 459 g/mol. The van der Waals surface area contributed by atoms with Crippen molar-refractivity contribution in [1.29, 1.82) is 0 Å². The molecule has 1 fully saturated rings. The van der Waals surface area contributed by atoms with Gasteiger partial charge >= 0.3 is 0 Å². The molecule has 0 unspecified atom stereocenters. The number of ether oxygens (including phenoxy) is 1. The number of likely N-dealkylation sites (tertiary alicyclic amines) is 1. The van der Waals surface area contributed by atoms with E-state index in [1.807, 2.05) is 18.5 Å². The average Bonchev–Trinajstić information content (AvgIpc) is 3.26. The van der Waals surface area contributed by atoms with Crippen LogP contribution in [0.25, 0.3) is 0 Å². The number of aliphatic hydroxyl groups excluding tert-OH is 1. The van der Waals surface area contributed by atoms with Crippen LogP contribution >= 0.6 is 22.9 Å². The van der Waals surface area contributed by atoms with Gasteiger partial charge in [-0.05, 0) is 25.8 Å². The van der Waals surface area contributed by atoms with Crippen molar-refractivity contribution in [3.63, 3.8) is 0 Å². The first kappa shape index (κ1) is 21.3. The zero-order chi connectivity index (χ0) is 20.8. The first-order valence-electron chi connectivity index (χ1n) is 9.70. The Balaban J connectivity index is 1.43. The summed E-state index contributed by atoms with van der Waals surface area (Å²) < 4.78 is 31.3. The van der Waals surface area contributed by atoms with Gasteiger partial charge in [0.15, 0.2) is 0 Å². The molecular formula is C19H26ClN3O4S2. The van der Waals surface area contributed by atoms with Crippen LogP contribution in [0.3, 0.4) is 0 Å². The molecule has 2 aromatic rings. The Hall–Kier alpha value is -0.970. The lowest BCUT2D eigenvalue weighted by Gasteiger charge is -2.47. The molecule has 1 N–H and O–H groups in total. The SMILES string of the molecule is C[C@H]1C[C@@]2(CCN1Cc1cnn(CCS(C)(=O)=O)c1)OC[C@H](O)c1cc(Cl)sc12. The Morgan fingerprint density at radius 3 is 3.00 bits per heavy atom. The first-order chi connectivity index (χ1) is 13.7. The third-order valence-corrected chi connectivity index (χ3v) is 8.23. The van der Waals surface area contributed by atoms with Gasteiger partial charge in [-0.2, -0.15) is 5.10 Å². The van der Waals surface area contributed by atoms with Crippen molar-refractivity contribution in [2.75, 3.05) is 25.2 Å². The van der Waals surface area contributed by atoms with Crippen molar-refractivity contribution < 1.29 is 18.3 Å². The van der Waals surface area contributed by atoms with E-state index in [1.54, 1.807) is 4.68 Å². The molecule has 0 aromatic carbocycles. The van der Waals surface area contributed by atoms with Crippen molar-refractivity contribution in [3.8, 4) is 0 Å². The standard InChI is InChI=1S/C19H26ClN3O4S2/c1-13-8-19(18-15(7-17(20)28-18)16(24)12-27-19)3-4-22(13)10-14-9-21-23(11-14)5-6-29(2,25)26/h7,9,11,13,16,24H,3-6,8,10,12H2,1-2H3/t13-,16-,19+/m0/s1. The molecule has 1 spiro atoms. The molecule has 0 radical (unpaired) electrons. The van der Waals surface area contributed by atoms with Crippen molar-refractivity contribution in [2.45, 2.75) is 50.6 Å². The van der Waals surface area contributed by atoms with Crippen LogP contribution in [-0.2, 0) is 33.3 Å². The Labute approximate surface area is 180 Å². The van der Waals surface area contributed by atoms with Crippen LogP contribution in [0.15, 0.2) is 18.5 Å². The second-order valence-electron chi connectivity index (χ2n) is 8.17. The van der Waals surface area contributed by atoms with Crippen LogP contribution in [0.5, 0.6) is 0 Å². The van der Waals surface area contributed by atoms with E-state index in [9.17, 15) is 13.5 Å². The molecule has 2 aliphatic rings. The lowest BCUT2D eigenvalue weighted by molar-refractivity contribution is -0.139. The van der Waals surface area contributed by atoms with Crippen molar-refractivity contribution in [1.82, 2.24) is 14.7 Å². The highest BCUT2D eigenvalue weighted by atomic mass is 35.5. The second kappa shape index (κ2) is 7.94. The number of hydrogen-bond acceptors (Lipinski definition) is 7. The molecule has 0 bridgehead atoms. The van der Waals surface area contributed by atoms with Gasteiger partial charge in [0.2, 0.25) is 0 Å². The summed E-state index contributed by atoms with van der Waals surface area (Å²) in [6.45, 7) is 4.49. The van der Waals surface area contributed by atoms with Gasteiger partial charge in [-0.3, -0.25) is 9.58 Å². The molecule has 160 valence electrons. The summed E-state index contributed by atoms with van der Waals surface area (Å²) in [5.41, 5.74) is 1.61. The van der Waals surface area contributed by atoms with Crippen molar-refractivity contribution in [3.05, 3.63) is 38.8 Å². The van der Waals surface area contributed by atoms with E-state index in [1.165, 1.54) is 17.6 Å². The number of nitrogens with zero attached hydrogens (tertiary/aromatic N) is 3. The molecule has 0 aliphatic carbocycles. The summed E-state index contributed by atoms with van der Waals surface area (Å²) in [6.07, 6.45) is 6.05. The maximum Gasteiger partial charge on any atom is 0.149 e. The maximum absolute atomic E-state index is 11.3. The number of hydrogen-bond donors (Lipinski definition) is 1. The molecule has 0 amide bonds. The van der Waals surface area contributed by atoms with Crippen LogP contribution in [0.4, 0.5) is 0 Å². The van der Waals surface area contributed by atoms with E-state index in [0.717, 1.165) is 41.9 Å². The molecule has 2 aliphatic heterocycles. The second-order valence-corrected chi connectivity index (χ2v) is 12.1. The van der Waals surface area contributed by atoms with Crippen LogP contribution in [0.2, 0.25) is 4.34 Å². The number of aliphatic hydroxyl groups is 1. The topological polar surface area (TPSA) is 84.7 Å². The zero-order valence-corrected chi connectivity index (χ0v) is 18.9. The van der Waals surface area contributed by atoms with Gasteiger partial charge in [-0.25, -0.2) is 8.42 Å². The van der Waals surface area contributed by atoms with E-state index < -0.39 is 15.9 Å². The molecule has 29 heavy (non-hydrogen) atoms. The third-order valence-electron chi connectivity index (χ3n) is 5.84. The predicted molar refractivity (Wildman–Crippen MR) is 113 cm³/mol. The predicted octanol–water partition coefficient (Wildman–Crippen LogP) is 2.59. The van der Waals surface area contributed by atoms with E-state index >= 15 is 0 Å². The highest BCUT2D eigenvalue weighted by molar-refractivity contribution is 7.90. The number of sulfone groups is 1. The van der Waals surface area contributed by atoms with Gasteiger partial charge < -0.3 is 9.84 Å². The number of rotatable bonds is 5. The molecule has 0 saturated carbocycles. The lowest BCUT2D eigenvalue weighted by Crippen LogP contribution is -2.50. The molecule has 3 atom stereocenters.